The van der Waals surface area contributed by atoms with E-state index in [2.05, 4.69) is 30.7 Å². The average Bonchev–Trinajstić information content (AvgIpc) is 3.10. The lowest BCUT2D eigenvalue weighted by Gasteiger charge is -2.16. The standard InChI is InChI=1S/C17H18ClN7O/c1-10-8-14(11(2)7-13(10)18)24-17(26)23-12(3)15-21-9-22-25(15)16-19-5-4-6-20-16/h4-9,12H,1-3H3,(H2,23,24,26). The monoisotopic (exact) mass is 371 g/mol. The Morgan fingerprint density at radius 2 is 1.88 bits per heavy atom. The molecular formula is C17H18ClN7O. The number of amides is 2. The van der Waals surface area contributed by atoms with E-state index in [1.54, 1.807) is 18.5 Å². The highest BCUT2D eigenvalue weighted by molar-refractivity contribution is 6.31. The molecule has 0 radical (unpaired) electrons. The fourth-order valence-corrected chi connectivity index (χ4v) is 2.65. The van der Waals surface area contributed by atoms with Crippen LogP contribution in [0.1, 0.15) is 29.9 Å². The minimum Gasteiger partial charge on any atom is -0.328 e. The molecule has 8 nitrogen and oxygen atoms in total. The number of hydrogen-bond donors (Lipinski definition) is 2. The fraction of sp³-hybridized carbons (Fsp3) is 0.235. The number of carbonyl (C=O) groups excluding carboxylic acids is 1. The largest absolute Gasteiger partial charge is 0.328 e. The van der Waals surface area contributed by atoms with Crippen LogP contribution in [0.15, 0.2) is 36.9 Å². The quantitative estimate of drug-likeness (QED) is 0.733. The van der Waals surface area contributed by atoms with Crippen LogP contribution in [-0.4, -0.2) is 30.8 Å². The molecule has 2 aromatic heterocycles. The molecule has 1 aromatic carbocycles. The van der Waals surface area contributed by atoms with Crippen molar-refractivity contribution in [2.75, 3.05) is 5.32 Å². The lowest BCUT2D eigenvalue weighted by atomic mass is 10.1. The van der Waals surface area contributed by atoms with Crippen molar-refractivity contribution in [2.45, 2.75) is 26.8 Å². The summed E-state index contributed by atoms with van der Waals surface area (Å²) < 4.78 is 1.49. The van der Waals surface area contributed by atoms with Gasteiger partial charge in [0, 0.05) is 23.1 Å². The molecule has 0 aliphatic rings. The second-order valence-electron chi connectivity index (χ2n) is 5.82. The summed E-state index contributed by atoms with van der Waals surface area (Å²) >= 11 is 6.09. The van der Waals surface area contributed by atoms with Gasteiger partial charge in [0.2, 0.25) is 0 Å². The van der Waals surface area contributed by atoms with Crippen LogP contribution in [0.3, 0.4) is 0 Å². The van der Waals surface area contributed by atoms with E-state index >= 15 is 0 Å². The maximum atomic E-state index is 12.4. The van der Waals surface area contributed by atoms with E-state index in [0.717, 1.165) is 11.1 Å². The van der Waals surface area contributed by atoms with Gasteiger partial charge in [-0.3, -0.25) is 0 Å². The highest BCUT2D eigenvalue weighted by atomic mass is 35.5. The Morgan fingerprint density at radius 1 is 1.15 bits per heavy atom. The number of anilines is 1. The molecule has 0 aliphatic carbocycles. The van der Waals surface area contributed by atoms with E-state index in [1.165, 1.54) is 11.0 Å². The molecule has 26 heavy (non-hydrogen) atoms. The zero-order valence-corrected chi connectivity index (χ0v) is 15.3. The Balaban J connectivity index is 1.73. The van der Waals surface area contributed by atoms with Gasteiger partial charge in [-0.2, -0.15) is 9.78 Å². The van der Waals surface area contributed by atoms with Gasteiger partial charge in [-0.15, -0.1) is 0 Å². The predicted octanol–water partition coefficient (Wildman–Crippen LogP) is 3.21. The van der Waals surface area contributed by atoms with Crippen LogP contribution in [0.4, 0.5) is 10.5 Å². The van der Waals surface area contributed by atoms with Crippen LogP contribution in [0, 0.1) is 13.8 Å². The van der Waals surface area contributed by atoms with Crippen molar-refractivity contribution in [3.8, 4) is 5.95 Å². The molecule has 0 fully saturated rings. The summed E-state index contributed by atoms with van der Waals surface area (Å²) in [6.07, 6.45) is 4.63. The number of hydrogen-bond acceptors (Lipinski definition) is 5. The Kier molecular flexibility index (Phi) is 5.13. The first-order valence-electron chi connectivity index (χ1n) is 7.97. The molecule has 134 valence electrons. The number of nitrogens with zero attached hydrogens (tertiary/aromatic N) is 5. The van der Waals surface area contributed by atoms with Crippen molar-refractivity contribution in [1.29, 1.82) is 0 Å². The topological polar surface area (TPSA) is 97.6 Å². The van der Waals surface area contributed by atoms with Crippen molar-refractivity contribution in [2.24, 2.45) is 0 Å². The fourth-order valence-electron chi connectivity index (χ4n) is 2.44. The van der Waals surface area contributed by atoms with Gasteiger partial charge in [-0.25, -0.2) is 19.7 Å². The van der Waals surface area contributed by atoms with Gasteiger partial charge in [-0.05, 0) is 50.1 Å². The summed E-state index contributed by atoms with van der Waals surface area (Å²) in [5, 5.41) is 10.5. The lowest BCUT2D eigenvalue weighted by Crippen LogP contribution is -2.33. The molecule has 2 heterocycles. The summed E-state index contributed by atoms with van der Waals surface area (Å²) in [7, 11) is 0. The third kappa shape index (κ3) is 3.80. The van der Waals surface area contributed by atoms with Gasteiger partial charge in [0.1, 0.15) is 6.33 Å². The van der Waals surface area contributed by atoms with Crippen molar-refractivity contribution in [1.82, 2.24) is 30.0 Å². The third-order valence-electron chi connectivity index (χ3n) is 3.80. The number of nitrogens with one attached hydrogen (secondary N) is 2. The van der Waals surface area contributed by atoms with Gasteiger partial charge < -0.3 is 10.6 Å². The Morgan fingerprint density at radius 3 is 2.62 bits per heavy atom. The number of urea groups is 1. The maximum absolute atomic E-state index is 12.4. The molecule has 1 atom stereocenters. The molecular weight excluding hydrogens is 354 g/mol. The van der Waals surface area contributed by atoms with Crippen LogP contribution in [0.5, 0.6) is 0 Å². The SMILES string of the molecule is Cc1cc(NC(=O)NC(C)c2ncnn2-c2ncccn2)c(C)cc1Cl. The highest BCUT2D eigenvalue weighted by Crippen LogP contribution is 2.24. The number of carbonyl (C=O) groups is 1. The molecule has 0 aliphatic heterocycles. The van der Waals surface area contributed by atoms with E-state index in [0.29, 0.717) is 22.5 Å². The zero-order valence-electron chi connectivity index (χ0n) is 14.6. The van der Waals surface area contributed by atoms with Crippen molar-refractivity contribution in [3.63, 3.8) is 0 Å². The molecule has 9 heteroatoms. The Bertz CT molecular complexity index is 926. The Labute approximate surface area is 155 Å². The van der Waals surface area contributed by atoms with Gasteiger partial charge in [0.15, 0.2) is 5.82 Å². The smallest absolute Gasteiger partial charge is 0.319 e. The van der Waals surface area contributed by atoms with Crippen LogP contribution >= 0.6 is 11.6 Å². The van der Waals surface area contributed by atoms with E-state index in [9.17, 15) is 4.79 Å². The molecule has 0 saturated heterocycles. The zero-order chi connectivity index (χ0) is 18.7. The first kappa shape index (κ1) is 17.8. The molecule has 2 N–H and O–H groups in total. The van der Waals surface area contributed by atoms with E-state index < -0.39 is 6.04 Å². The molecule has 0 bridgehead atoms. The van der Waals surface area contributed by atoms with Crippen molar-refractivity contribution >= 4 is 23.3 Å². The van der Waals surface area contributed by atoms with E-state index in [1.807, 2.05) is 32.9 Å². The molecule has 3 aromatic rings. The van der Waals surface area contributed by atoms with Crippen LogP contribution in [-0.2, 0) is 0 Å². The third-order valence-corrected chi connectivity index (χ3v) is 4.21. The molecule has 0 spiro atoms. The van der Waals surface area contributed by atoms with Gasteiger partial charge in [-0.1, -0.05) is 11.6 Å². The normalized spacial score (nSPS) is 11.8. The van der Waals surface area contributed by atoms with Crippen molar-refractivity contribution in [3.05, 3.63) is 58.9 Å². The predicted molar refractivity (Wildman–Crippen MR) is 98.4 cm³/mol. The Hall–Kier alpha value is -3.00. The second-order valence-corrected chi connectivity index (χ2v) is 6.22. The summed E-state index contributed by atoms with van der Waals surface area (Å²) in [6, 6.07) is 4.61. The molecule has 2 amide bonds. The van der Waals surface area contributed by atoms with Crippen LogP contribution in [0.2, 0.25) is 5.02 Å². The minimum absolute atomic E-state index is 0.356. The number of halogens is 1. The number of aryl methyl sites for hydroxylation is 2. The van der Waals surface area contributed by atoms with E-state index in [4.69, 9.17) is 11.6 Å². The highest BCUT2D eigenvalue weighted by Gasteiger charge is 2.18. The lowest BCUT2D eigenvalue weighted by molar-refractivity contribution is 0.248. The molecule has 1 unspecified atom stereocenters. The first-order chi connectivity index (χ1) is 12.5. The van der Waals surface area contributed by atoms with Crippen molar-refractivity contribution < 1.29 is 4.79 Å². The van der Waals surface area contributed by atoms with Gasteiger partial charge >= 0.3 is 6.03 Å². The van der Waals surface area contributed by atoms with Crippen LogP contribution in [0.25, 0.3) is 5.95 Å². The van der Waals surface area contributed by atoms with Crippen LogP contribution < -0.4 is 10.6 Å². The summed E-state index contributed by atoms with van der Waals surface area (Å²) in [5.74, 6) is 0.911. The average molecular weight is 372 g/mol. The maximum Gasteiger partial charge on any atom is 0.319 e. The number of rotatable bonds is 4. The van der Waals surface area contributed by atoms with Gasteiger partial charge in [0.25, 0.3) is 5.95 Å². The minimum atomic E-state index is -0.407. The molecule has 0 saturated carbocycles. The number of benzene rings is 1. The van der Waals surface area contributed by atoms with E-state index in [-0.39, 0.29) is 6.03 Å². The summed E-state index contributed by atoms with van der Waals surface area (Å²) in [6.45, 7) is 5.58. The van der Waals surface area contributed by atoms with Gasteiger partial charge in [0.05, 0.1) is 6.04 Å². The first-order valence-corrected chi connectivity index (χ1v) is 8.35. The summed E-state index contributed by atoms with van der Waals surface area (Å²) in [5.41, 5.74) is 2.47. The number of aromatic nitrogens is 5. The summed E-state index contributed by atoms with van der Waals surface area (Å²) in [4.78, 5) is 24.9. The second kappa shape index (κ2) is 7.49. The molecule has 3 rings (SSSR count).